The molecule has 1 heterocycles. The fourth-order valence-electron chi connectivity index (χ4n) is 2.20. The molecule has 1 aromatic carbocycles. The maximum absolute atomic E-state index is 11.6. The van der Waals surface area contributed by atoms with Crippen molar-refractivity contribution >= 4 is 16.9 Å². The molecular weight excluding hydrogens is 268 g/mol. The standard InChI is InChI=1S/C16H20N2O3/c1-4-21-16(19)13(17)9-12-8-11-6-5-10(2)7-14(11)18-15(12)20-3/h5-8,13H,4,9,17H2,1-3H3. The molecule has 1 aromatic heterocycles. The van der Waals surface area contributed by atoms with Crippen molar-refractivity contribution in [2.45, 2.75) is 26.3 Å². The molecule has 0 aliphatic carbocycles. The predicted molar refractivity (Wildman–Crippen MR) is 81.3 cm³/mol. The van der Waals surface area contributed by atoms with Gasteiger partial charge in [-0.05, 0) is 31.5 Å². The Labute approximate surface area is 124 Å². The van der Waals surface area contributed by atoms with Gasteiger partial charge in [-0.2, -0.15) is 0 Å². The number of hydrogen-bond acceptors (Lipinski definition) is 5. The molecule has 0 amide bonds. The van der Waals surface area contributed by atoms with E-state index >= 15 is 0 Å². The molecule has 0 saturated heterocycles. The van der Waals surface area contributed by atoms with Crippen LogP contribution in [-0.4, -0.2) is 30.7 Å². The largest absolute Gasteiger partial charge is 0.481 e. The van der Waals surface area contributed by atoms with Crippen LogP contribution in [0.2, 0.25) is 0 Å². The Kier molecular flexibility index (Phi) is 4.75. The molecule has 21 heavy (non-hydrogen) atoms. The van der Waals surface area contributed by atoms with Crippen LogP contribution in [0.5, 0.6) is 5.88 Å². The first kappa shape index (κ1) is 15.3. The minimum absolute atomic E-state index is 0.318. The molecule has 112 valence electrons. The van der Waals surface area contributed by atoms with E-state index in [-0.39, 0.29) is 0 Å². The number of methoxy groups -OCH3 is 1. The molecule has 2 N–H and O–H groups in total. The zero-order valence-electron chi connectivity index (χ0n) is 12.6. The summed E-state index contributed by atoms with van der Waals surface area (Å²) < 4.78 is 10.2. The minimum Gasteiger partial charge on any atom is -0.481 e. The predicted octanol–water partition coefficient (Wildman–Crippen LogP) is 1.98. The van der Waals surface area contributed by atoms with E-state index in [4.69, 9.17) is 15.2 Å². The number of ether oxygens (including phenoxy) is 2. The Hall–Kier alpha value is -2.14. The first-order valence-electron chi connectivity index (χ1n) is 6.91. The van der Waals surface area contributed by atoms with Gasteiger partial charge in [-0.15, -0.1) is 0 Å². The van der Waals surface area contributed by atoms with Gasteiger partial charge >= 0.3 is 5.97 Å². The number of fused-ring (bicyclic) bond motifs is 1. The number of aromatic nitrogens is 1. The molecule has 0 radical (unpaired) electrons. The lowest BCUT2D eigenvalue weighted by Gasteiger charge is -2.13. The summed E-state index contributed by atoms with van der Waals surface area (Å²) in [5.74, 6) is 0.0800. The first-order chi connectivity index (χ1) is 10.0. The lowest BCUT2D eigenvalue weighted by molar-refractivity contribution is -0.144. The van der Waals surface area contributed by atoms with Gasteiger partial charge in [0, 0.05) is 17.4 Å². The Morgan fingerprint density at radius 1 is 1.38 bits per heavy atom. The van der Waals surface area contributed by atoms with Crippen LogP contribution in [0.4, 0.5) is 0 Å². The molecule has 0 bridgehead atoms. The Bertz CT molecular complexity index is 655. The van der Waals surface area contributed by atoms with Crippen LogP contribution in [0, 0.1) is 6.92 Å². The molecule has 0 saturated carbocycles. The summed E-state index contributed by atoms with van der Waals surface area (Å²) in [5.41, 5.74) is 8.66. The van der Waals surface area contributed by atoms with Gasteiger partial charge in [0.25, 0.3) is 0 Å². The molecule has 0 aliphatic heterocycles. The highest BCUT2D eigenvalue weighted by Gasteiger charge is 2.18. The van der Waals surface area contributed by atoms with Crippen molar-refractivity contribution < 1.29 is 14.3 Å². The van der Waals surface area contributed by atoms with E-state index in [0.29, 0.717) is 18.9 Å². The average molecular weight is 288 g/mol. The van der Waals surface area contributed by atoms with Gasteiger partial charge in [-0.25, -0.2) is 4.98 Å². The number of pyridine rings is 1. The van der Waals surface area contributed by atoms with E-state index in [9.17, 15) is 4.79 Å². The summed E-state index contributed by atoms with van der Waals surface area (Å²) in [6.07, 6.45) is 0.332. The van der Waals surface area contributed by atoms with Crippen molar-refractivity contribution in [1.29, 1.82) is 0 Å². The molecule has 2 aromatic rings. The third-order valence-electron chi connectivity index (χ3n) is 3.23. The molecule has 1 unspecified atom stereocenters. The highest BCUT2D eigenvalue weighted by atomic mass is 16.5. The second-order valence-corrected chi connectivity index (χ2v) is 4.92. The summed E-state index contributed by atoms with van der Waals surface area (Å²) in [7, 11) is 1.56. The van der Waals surface area contributed by atoms with Crippen LogP contribution in [0.15, 0.2) is 24.3 Å². The van der Waals surface area contributed by atoms with E-state index in [1.54, 1.807) is 14.0 Å². The number of nitrogens with zero attached hydrogens (tertiary/aromatic N) is 1. The van der Waals surface area contributed by atoms with Crippen molar-refractivity contribution in [2.24, 2.45) is 5.73 Å². The van der Waals surface area contributed by atoms with E-state index < -0.39 is 12.0 Å². The second kappa shape index (κ2) is 6.54. The highest BCUT2D eigenvalue weighted by Crippen LogP contribution is 2.24. The summed E-state index contributed by atoms with van der Waals surface area (Å²) in [4.78, 5) is 16.1. The zero-order valence-corrected chi connectivity index (χ0v) is 12.6. The number of esters is 1. The van der Waals surface area contributed by atoms with Gasteiger partial charge in [-0.1, -0.05) is 12.1 Å². The zero-order chi connectivity index (χ0) is 15.4. The number of hydrogen-bond donors (Lipinski definition) is 1. The minimum atomic E-state index is -0.719. The number of benzene rings is 1. The highest BCUT2D eigenvalue weighted by molar-refractivity contribution is 5.81. The fourth-order valence-corrected chi connectivity index (χ4v) is 2.20. The normalized spacial score (nSPS) is 12.2. The van der Waals surface area contributed by atoms with Crippen LogP contribution in [0.25, 0.3) is 10.9 Å². The monoisotopic (exact) mass is 288 g/mol. The molecule has 5 nitrogen and oxygen atoms in total. The number of aryl methyl sites for hydroxylation is 1. The van der Waals surface area contributed by atoms with Crippen LogP contribution < -0.4 is 10.5 Å². The summed E-state index contributed by atoms with van der Waals surface area (Å²) >= 11 is 0. The van der Waals surface area contributed by atoms with Crippen molar-refractivity contribution in [3.8, 4) is 5.88 Å². The molecule has 1 atom stereocenters. The quantitative estimate of drug-likeness (QED) is 0.852. The SMILES string of the molecule is CCOC(=O)C(N)Cc1cc2ccc(C)cc2nc1OC. The van der Waals surface area contributed by atoms with Crippen molar-refractivity contribution in [3.05, 3.63) is 35.4 Å². The number of rotatable bonds is 5. The third-order valence-corrected chi connectivity index (χ3v) is 3.23. The maximum atomic E-state index is 11.6. The van der Waals surface area contributed by atoms with Crippen LogP contribution in [0.3, 0.4) is 0 Å². The van der Waals surface area contributed by atoms with Crippen molar-refractivity contribution in [3.63, 3.8) is 0 Å². The van der Waals surface area contributed by atoms with Gasteiger partial charge in [0.15, 0.2) is 0 Å². The van der Waals surface area contributed by atoms with Crippen LogP contribution >= 0.6 is 0 Å². The Morgan fingerprint density at radius 2 is 2.14 bits per heavy atom. The lowest BCUT2D eigenvalue weighted by Crippen LogP contribution is -2.34. The summed E-state index contributed by atoms with van der Waals surface area (Å²) in [6, 6.07) is 7.25. The number of nitrogens with two attached hydrogens (primary N) is 1. The molecule has 5 heteroatoms. The van der Waals surface area contributed by atoms with E-state index in [1.165, 1.54) is 0 Å². The van der Waals surface area contributed by atoms with E-state index in [1.807, 2.05) is 31.2 Å². The van der Waals surface area contributed by atoms with Gasteiger partial charge in [0.05, 0.1) is 19.2 Å². The van der Waals surface area contributed by atoms with Crippen molar-refractivity contribution in [1.82, 2.24) is 4.98 Å². The van der Waals surface area contributed by atoms with Gasteiger partial charge in [-0.3, -0.25) is 4.79 Å². The Morgan fingerprint density at radius 3 is 2.81 bits per heavy atom. The molecular formula is C16H20N2O3. The first-order valence-corrected chi connectivity index (χ1v) is 6.91. The smallest absolute Gasteiger partial charge is 0.323 e. The molecule has 2 rings (SSSR count). The third kappa shape index (κ3) is 3.49. The number of carbonyl (C=O) groups is 1. The van der Waals surface area contributed by atoms with Gasteiger partial charge < -0.3 is 15.2 Å². The molecule has 0 aliphatic rings. The molecule has 0 fully saturated rings. The van der Waals surface area contributed by atoms with E-state index in [0.717, 1.165) is 22.0 Å². The lowest BCUT2D eigenvalue weighted by atomic mass is 10.0. The fraction of sp³-hybridized carbons (Fsp3) is 0.375. The summed E-state index contributed by atoms with van der Waals surface area (Å²) in [6.45, 7) is 4.09. The van der Waals surface area contributed by atoms with E-state index in [2.05, 4.69) is 4.98 Å². The average Bonchev–Trinajstić information content (AvgIpc) is 2.47. The van der Waals surface area contributed by atoms with Crippen molar-refractivity contribution in [2.75, 3.05) is 13.7 Å². The topological polar surface area (TPSA) is 74.4 Å². The Balaban J connectivity index is 2.34. The summed E-state index contributed by atoms with van der Waals surface area (Å²) in [5, 5.41) is 0.993. The maximum Gasteiger partial charge on any atom is 0.323 e. The van der Waals surface area contributed by atoms with Crippen LogP contribution in [-0.2, 0) is 16.0 Å². The second-order valence-electron chi connectivity index (χ2n) is 4.92. The molecule has 0 spiro atoms. The van der Waals surface area contributed by atoms with Crippen LogP contribution in [0.1, 0.15) is 18.1 Å². The van der Waals surface area contributed by atoms with Gasteiger partial charge in [0.1, 0.15) is 6.04 Å². The number of carbonyl (C=O) groups excluding carboxylic acids is 1. The van der Waals surface area contributed by atoms with Gasteiger partial charge in [0.2, 0.25) is 5.88 Å².